The van der Waals surface area contributed by atoms with Gasteiger partial charge in [-0.2, -0.15) is 8.42 Å². The van der Waals surface area contributed by atoms with E-state index in [1.807, 2.05) is 0 Å². The topological polar surface area (TPSA) is 109 Å². The predicted molar refractivity (Wildman–Crippen MR) is 64.1 cm³/mol. The number of carbonyl (C=O) groups is 1. The highest BCUT2D eigenvalue weighted by molar-refractivity contribution is 7.92. The molecule has 2 heterocycles. The zero-order valence-electron chi connectivity index (χ0n) is 8.77. The number of carboxylic acids is 1. The van der Waals surface area contributed by atoms with Crippen molar-refractivity contribution < 1.29 is 18.3 Å². The molecule has 2 rings (SSSR count). The first-order valence-electron chi connectivity index (χ1n) is 4.62. The van der Waals surface area contributed by atoms with E-state index in [4.69, 9.17) is 5.11 Å². The number of anilines is 1. The van der Waals surface area contributed by atoms with Gasteiger partial charge in [-0.1, -0.05) is 6.07 Å². The third kappa shape index (κ3) is 2.63. The lowest BCUT2D eigenvalue weighted by Crippen LogP contribution is -2.14. The fraction of sp³-hybridized carbons (Fsp3) is 0. The van der Waals surface area contributed by atoms with Gasteiger partial charge in [0, 0.05) is 11.6 Å². The number of aromatic carboxylic acids is 1. The highest BCUT2D eigenvalue weighted by Crippen LogP contribution is 2.19. The van der Waals surface area contributed by atoms with E-state index in [2.05, 4.69) is 14.7 Å². The lowest BCUT2D eigenvalue weighted by molar-refractivity contribution is 0.0691. The van der Waals surface area contributed by atoms with Crippen molar-refractivity contribution >= 4 is 32.5 Å². The normalized spacial score (nSPS) is 11.1. The van der Waals surface area contributed by atoms with Crippen LogP contribution in [0.1, 0.15) is 10.5 Å². The molecule has 0 spiro atoms. The molecule has 2 aromatic rings. The summed E-state index contributed by atoms with van der Waals surface area (Å²) in [4.78, 5) is 17.9. The molecule has 2 N–H and O–H groups in total. The minimum Gasteiger partial charge on any atom is -0.476 e. The van der Waals surface area contributed by atoms with Crippen molar-refractivity contribution in [2.24, 2.45) is 0 Å². The van der Waals surface area contributed by atoms with E-state index >= 15 is 0 Å². The molecule has 94 valence electrons. The van der Waals surface area contributed by atoms with Gasteiger partial charge >= 0.3 is 5.97 Å². The van der Waals surface area contributed by atoms with Gasteiger partial charge in [0.15, 0.2) is 15.9 Å². The number of sulfonamides is 1. The fourth-order valence-electron chi connectivity index (χ4n) is 1.09. The molecular formula is C9H7N3O4S2. The first-order valence-corrected chi connectivity index (χ1v) is 6.98. The van der Waals surface area contributed by atoms with Crippen LogP contribution in [0.5, 0.6) is 0 Å². The third-order valence-electron chi connectivity index (χ3n) is 1.86. The summed E-state index contributed by atoms with van der Waals surface area (Å²) in [6.45, 7) is 0. The summed E-state index contributed by atoms with van der Waals surface area (Å²) in [6.07, 6.45) is 1.35. The molecule has 0 aliphatic rings. The highest BCUT2D eigenvalue weighted by atomic mass is 32.2. The number of hydrogen-bond acceptors (Lipinski definition) is 6. The van der Waals surface area contributed by atoms with Crippen LogP contribution in [0.2, 0.25) is 0 Å². The molecule has 18 heavy (non-hydrogen) atoms. The van der Waals surface area contributed by atoms with Gasteiger partial charge in [0.2, 0.25) is 0 Å². The number of thiazole rings is 1. The van der Waals surface area contributed by atoms with Gasteiger partial charge in [0.1, 0.15) is 0 Å². The Morgan fingerprint density at radius 3 is 2.72 bits per heavy atom. The van der Waals surface area contributed by atoms with Gasteiger partial charge in [-0.25, -0.2) is 14.8 Å². The maximum atomic E-state index is 11.8. The summed E-state index contributed by atoms with van der Waals surface area (Å²) in [7, 11) is -3.83. The van der Waals surface area contributed by atoms with Crippen LogP contribution in [-0.4, -0.2) is 29.5 Å². The number of nitrogens with one attached hydrogen (secondary N) is 1. The van der Waals surface area contributed by atoms with Crippen LogP contribution < -0.4 is 4.72 Å². The predicted octanol–water partition coefficient (Wildman–Crippen LogP) is 1.04. The highest BCUT2D eigenvalue weighted by Gasteiger charge is 2.18. The van der Waals surface area contributed by atoms with E-state index in [9.17, 15) is 13.2 Å². The first-order chi connectivity index (χ1) is 8.49. The number of hydrogen-bond donors (Lipinski definition) is 2. The van der Waals surface area contributed by atoms with Crippen LogP contribution in [0.25, 0.3) is 0 Å². The second-order valence-corrected chi connectivity index (χ2v) is 5.60. The van der Waals surface area contributed by atoms with Gasteiger partial charge in [-0.05, 0) is 12.1 Å². The Balaban J connectivity index is 2.25. The number of aromatic nitrogens is 2. The quantitative estimate of drug-likeness (QED) is 0.868. The van der Waals surface area contributed by atoms with Crippen molar-refractivity contribution in [1.82, 2.24) is 9.97 Å². The molecule has 0 aromatic carbocycles. The Bertz CT molecular complexity index is 666. The molecule has 0 aliphatic heterocycles. The number of pyridine rings is 1. The van der Waals surface area contributed by atoms with Crippen molar-refractivity contribution in [1.29, 1.82) is 0 Å². The van der Waals surface area contributed by atoms with E-state index in [0.717, 1.165) is 11.3 Å². The van der Waals surface area contributed by atoms with Gasteiger partial charge in [-0.15, -0.1) is 11.3 Å². The molecule has 0 radical (unpaired) electrons. The van der Waals surface area contributed by atoms with E-state index in [0.29, 0.717) is 0 Å². The van der Waals surface area contributed by atoms with Gasteiger partial charge in [-0.3, -0.25) is 4.72 Å². The van der Waals surface area contributed by atoms with Gasteiger partial charge in [0.25, 0.3) is 10.0 Å². The molecule has 7 nitrogen and oxygen atoms in total. The molecule has 9 heteroatoms. The Labute approximate surface area is 106 Å². The summed E-state index contributed by atoms with van der Waals surface area (Å²) >= 11 is 0.889. The SMILES string of the molecule is O=C(O)c1csc(NS(=O)(=O)c2ccccn2)n1. The van der Waals surface area contributed by atoms with Crippen molar-refractivity contribution in [3.8, 4) is 0 Å². The molecule has 0 bridgehead atoms. The minimum atomic E-state index is -3.83. The summed E-state index contributed by atoms with van der Waals surface area (Å²) < 4.78 is 25.8. The summed E-state index contributed by atoms with van der Waals surface area (Å²) in [5.41, 5.74) is -0.210. The number of rotatable bonds is 4. The Morgan fingerprint density at radius 2 is 2.17 bits per heavy atom. The van der Waals surface area contributed by atoms with Crippen molar-refractivity contribution in [2.45, 2.75) is 5.03 Å². The van der Waals surface area contributed by atoms with E-state index < -0.39 is 16.0 Å². The van der Waals surface area contributed by atoms with E-state index in [-0.39, 0.29) is 15.9 Å². The molecular weight excluding hydrogens is 278 g/mol. The Kier molecular flexibility index (Phi) is 3.26. The van der Waals surface area contributed by atoms with Crippen LogP contribution in [0.15, 0.2) is 34.8 Å². The first kappa shape index (κ1) is 12.5. The number of carboxylic acid groups (broad SMARTS) is 1. The fourth-order valence-corrected chi connectivity index (χ4v) is 2.98. The molecule has 0 atom stereocenters. The van der Waals surface area contributed by atoms with E-state index in [1.54, 1.807) is 6.07 Å². The molecule has 0 saturated heterocycles. The van der Waals surface area contributed by atoms with Crippen molar-refractivity contribution in [3.63, 3.8) is 0 Å². The van der Waals surface area contributed by atoms with Crippen LogP contribution in [0.4, 0.5) is 5.13 Å². The zero-order valence-corrected chi connectivity index (χ0v) is 10.4. The van der Waals surface area contributed by atoms with Crippen LogP contribution in [0.3, 0.4) is 0 Å². The average molecular weight is 285 g/mol. The zero-order chi connectivity index (χ0) is 13.2. The summed E-state index contributed by atoms with van der Waals surface area (Å²) in [6, 6.07) is 4.45. The monoisotopic (exact) mass is 285 g/mol. The van der Waals surface area contributed by atoms with Crippen LogP contribution in [-0.2, 0) is 10.0 Å². The summed E-state index contributed by atoms with van der Waals surface area (Å²) in [5.74, 6) is -1.21. The smallest absolute Gasteiger partial charge is 0.355 e. The Morgan fingerprint density at radius 1 is 1.39 bits per heavy atom. The molecule has 0 saturated carbocycles. The molecule has 0 amide bonds. The molecule has 0 fully saturated rings. The maximum absolute atomic E-state index is 11.8. The van der Waals surface area contributed by atoms with Crippen molar-refractivity contribution in [2.75, 3.05) is 4.72 Å². The lowest BCUT2D eigenvalue weighted by Gasteiger charge is -2.02. The van der Waals surface area contributed by atoms with E-state index in [1.165, 1.54) is 23.7 Å². The van der Waals surface area contributed by atoms with Crippen LogP contribution >= 0.6 is 11.3 Å². The van der Waals surface area contributed by atoms with Crippen molar-refractivity contribution in [3.05, 3.63) is 35.5 Å². The minimum absolute atomic E-state index is 0.0157. The molecule has 0 aliphatic carbocycles. The average Bonchev–Trinajstić information content (AvgIpc) is 2.78. The Hall–Kier alpha value is -2.00. The molecule has 2 aromatic heterocycles. The third-order valence-corrected chi connectivity index (χ3v) is 4.00. The second-order valence-electron chi connectivity index (χ2n) is 3.12. The van der Waals surface area contributed by atoms with Gasteiger partial charge in [0.05, 0.1) is 0 Å². The maximum Gasteiger partial charge on any atom is 0.355 e. The summed E-state index contributed by atoms with van der Waals surface area (Å²) in [5, 5.41) is 9.75. The number of nitrogens with zero attached hydrogens (tertiary/aromatic N) is 2. The largest absolute Gasteiger partial charge is 0.476 e. The lowest BCUT2D eigenvalue weighted by atomic mass is 10.5. The van der Waals surface area contributed by atoms with Crippen LogP contribution in [0, 0.1) is 0 Å². The van der Waals surface area contributed by atoms with Gasteiger partial charge < -0.3 is 5.11 Å². The molecule has 0 unspecified atom stereocenters. The standard InChI is InChI=1S/C9H7N3O4S2/c13-8(14)6-5-17-9(11-6)12-18(15,16)7-3-1-2-4-10-7/h1-5H,(H,11,12)(H,13,14). The second kappa shape index (κ2) is 4.70.